The molecule has 3 nitrogen and oxygen atoms in total. The van der Waals surface area contributed by atoms with Gasteiger partial charge in [0, 0.05) is 18.6 Å². The highest BCUT2D eigenvalue weighted by atomic mass is 35.5. The lowest BCUT2D eigenvalue weighted by molar-refractivity contribution is -0.128. The van der Waals surface area contributed by atoms with Crippen LogP contribution in [-0.4, -0.2) is 24.4 Å². The van der Waals surface area contributed by atoms with Gasteiger partial charge in [0.2, 0.25) is 5.91 Å². The summed E-state index contributed by atoms with van der Waals surface area (Å²) in [6.07, 6.45) is 0. The fraction of sp³-hybridized carbons (Fsp3) is 0.188. The second-order valence-corrected chi connectivity index (χ2v) is 5.10. The molecule has 0 fully saturated rings. The molecule has 1 amide bonds. The average Bonchev–Trinajstić information content (AvgIpc) is 2.47. The minimum atomic E-state index is -0.0677. The molecule has 0 saturated carbocycles. The molecular formula is C16H17ClN2O. The van der Waals surface area contributed by atoms with Gasteiger partial charge in [-0.2, -0.15) is 0 Å². The molecule has 0 spiro atoms. The van der Waals surface area contributed by atoms with Crippen LogP contribution in [0.2, 0.25) is 5.02 Å². The zero-order valence-corrected chi connectivity index (χ0v) is 12.1. The summed E-state index contributed by atoms with van der Waals surface area (Å²) in [5.41, 5.74) is 8.63. The Hall–Kier alpha value is -1.84. The van der Waals surface area contributed by atoms with Crippen LogP contribution in [-0.2, 0) is 11.3 Å². The van der Waals surface area contributed by atoms with Crippen molar-refractivity contribution in [3.8, 4) is 11.1 Å². The van der Waals surface area contributed by atoms with E-state index in [1.807, 2.05) is 42.5 Å². The normalized spacial score (nSPS) is 10.3. The standard InChI is InChI=1S/C16H17ClN2O/c1-19(16(20)10-18)11-12-3-2-4-14(9-12)13-5-7-15(17)8-6-13/h2-9H,10-11,18H2,1H3. The molecule has 4 heteroatoms. The lowest BCUT2D eigenvalue weighted by atomic mass is 10.0. The van der Waals surface area contributed by atoms with Crippen LogP contribution in [0.3, 0.4) is 0 Å². The fourth-order valence-corrected chi connectivity index (χ4v) is 2.14. The topological polar surface area (TPSA) is 46.3 Å². The second-order valence-electron chi connectivity index (χ2n) is 4.66. The van der Waals surface area contributed by atoms with E-state index in [0.717, 1.165) is 21.7 Å². The first-order valence-electron chi connectivity index (χ1n) is 6.39. The molecule has 0 heterocycles. The predicted molar refractivity (Wildman–Crippen MR) is 82.4 cm³/mol. The highest BCUT2D eigenvalue weighted by molar-refractivity contribution is 6.30. The molecule has 0 saturated heterocycles. The maximum Gasteiger partial charge on any atom is 0.236 e. The molecule has 104 valence electrons. The van der Waals surface area contributed by atoms with E-state index in [9.17, 15) is 4.79 Å². The van der Waals surface area contributed by atoms with Gasteiger partial charge in [0.05, 0.1) is 6.54 Å². The Morgan fingerprint density at radius 1 is 1.15 bits per heavy atom. The summed E-state index contributed by atoms with van der Waals surface area (Å²) in [7, 11) is 1.75. The first kappa shape index (κ1) is 14.6. The molecule has 2 aromatic rings. The van der Waals surface area contributed by atoms with Crippen molar-refractivity contribution in [2.24, 2.45) is 5.73 Å². The number of nitrogens with two attached hydrogens (primary N) is 1. The summed E-state index contributed by atoms with van der Waals surface area (Å²) in [5, 5.41) is 0.721. The van der Waals surface area contributed by atoms with E-state index < -0.39 is 0 Å². The van der Waals surface area contributed by atoms with Crippen LogP contribution >= 0.6 is 11.6 Å². The molecule has 0 aromatic heterocycles. The molecule has 0 unspecified atom stereocenters. The number of halogens is 1. The molecule has 0 bridgehead atoms. The SMILES string of the molecule is CN(Cc1cccc(-c2ccc(Cl)cc2)c1)C(=O)CN. The number of hydrogen-bond acceptors (Lipinski definition) is 2. The smallest absolute Gasteiger partial charge is 0.236 e. The third-order valence-electron chi connectivity index (χ3n) is 3.12. The molecule has 0 atom stereocenters. The summed E-state index contributed by atoms with van der Waals surface area (Å²) in [5.74, 6) is -0.0677. The Balaban J connectivity index is 2.20. The van der Waals surface area contributed by atoms with Crippen molar-refractivity contribution in [2.75, 3.05) is 13.6 Å². The Morgan fingerprint density at radius 2 is 1.85 bits per heavy atom. The number of carbonyl (C=O) groups is 1. The molecule has 2 rings (SSSR count). The zero-order chi connectivity index (χ0) is 14.5. The molecule has 2 N–H and O–H groups in total. The van der Waals surface area contributed by atoms with Gasteiger partial charge < -0.3 is 10.6 Å². The van der Waals surface area contributed by atoms with E-state index in [1.165, 1.54) is 0 Å². The Labute approximate surface area is 124 Å². The highest BCUT2D eigenvalue weighted by Crippen LogP contribution is 2.22. The summed E-state index contributed by atoms with van der Waals surface area (Å²) in [6.45, 7) is 0.588. The van der Waals surface area contributed by atoms with Gasteiger partial charge in [-0.3, -0.25) is 4.79 Å². The van der Waals surface area contributed by atoms with Crippen molar-refractivity contribution in [1.29, 1.82) is 0 Å². The number of amides is 1. The predicted octanol–water partition coefficient (Wildman–Crippen LogP) is 2.92. The minimum absolute atomic E-state index is 0.0351. The van der Waals surface area contributed by atoms with E-state index in [4.69, 9.17) is 17.3 Å². The number of rotatable bonds is 4. The lowest BCUT2D eigenvalue weighted by Crippen LogP contribution is -2.32. The van der Waals surface area contributed by atoms with Gasteiger partial charge in [-0.25, -0.2) is 0 Å². The van der Waals surface area contributed by atoms with Crippen molar-refractivity contribution >= 4 is 17.5 Å². The number of benzene rings is 2. The van der Waals surface area contributed by atoms with Crippen LogP contribution in [0, 0.1) is 0 Å². The first-order valence-corrected chi connectivity index (χ1v) is 6.77. The zero-order valence-electron chi connectivity index (χ0n) is 11.3. The van der Waals surface area contributed by atoms with Crippen molar-refractivity contribution < 1.29 is 4.79 Å². The van der Waals surface area contributed by atoms with Crippen LogP contribution in [0.4, 0.5) is 0 Å². The maximum absolute atomic E-state index is 11.5. The lowest BCUT2D eigenvalue weighted by Gasteiger charge is -2.16. The van der Waals surface area contributed by atoms with Crippen molar-refractivity contribution in [2.45, 2.75) is 6.54 Å². The van der Waals surface area contributed by atoms with Gasteiger partial charge in [0.15, 0.2) is 0 Å². The largest absolute Gasteiger partial charge is 0.340 e. The van der Waals surface area contributed by atoms with E-state index in [2.05, 4.69) is 6.07 Å². The Kier molecular flexibility index (Phi) is 4.77. The number of carbonyl (C=O) groups excluding carboxylic acids is 1. The average molecular weight is 289 g/mol. The van der Waals surface area contributed by atoms with Crippen LogP contribution in [0.15, 0.2) is 48.5 Å². The van der Waals surface area contributed by atoms with Crippen LogP contribution < -0.4 is 5.73 Å². The third-order valence-corrected chi connectivity index (χ3v) is 3.38. The second kappa shape index (κ2) is 6.55. The van der Waals surface area contributed by atoms with E-state index in [-0.39, 0.29) is 12.5 Å². The van der Waals surface area contributed by atoms with Crippen LogP contribution in [0.1, 0.15) is 5.56 Å². The quantitative estimate of drug-likeness (QED) is 0.940. The van der Waals surface area contributed by atoms with E-state index >= 15 is 0 Å². The van der Waals surface area contributed by atoms with Crippen molar-refractivity contribution in [1.82, 2.24) is 4.90 Å². The fourth-order valence-electron chi connectivity index (χ4n) is 2.01. The van der Waals surface area contributed by atoms with Crippen molar-refractivity contribution in [3.63, 3.8) is 0 Å². The van der Waals surface area contributed by atoms with E-state index in [1.54, 1.807) is 11.9 Å². The van der Waals surface area contributed by atoms with Gasteiger partial charge >= 0.3 is 0 Å². The highest BCUT2D eigenvalue weighted by Gasteiger charge is 2.07. The summed E-state index contributed by atoms with van der Waals surface area (Å²) < 4.78 is 0. The molecule has 0 aliphatic carbocycles. The first-order chi connectivity index (χ1) is 9.60. The van der Waals surface area contributed by atoms with Gasteiger partial charge in [-0.1, -0.05) is 41.9 Å². The van der Waals surface area contributed by atoms with Gasteiger partial charge in [-0.15, -0.1) is 0 Å². The molecule has 0 radical (unpaired) electrons. The van der Waals surface area contributed by atoms with Gasteiger partial charge in [0.25, 0.3) is 0 Å². The maximum atomic E-state index is 11.5. The summed E-state index contributed by atoms with van der Waals surface area (Å²) in [6, 6.07) is 15.8. The van der Waals surface area contributed by atoms with Gasteiger partial charge in [-0.05, 0) is 34.9 Å². The third kappa shape index (κ3) is 3.59. The van der Waals surface area contributed by atoms with Gasteiger partial charge in [0.1, 0.15) is 0 Å². The monoisotopic (exact) mass is 288 g/mol. The Bertz CT molecular complexity index is 596. The van der Waals surface area contributed by atoms with Crippen LogP contribution in [0.5, 0.6) is 0 Å². The summed E-state index contributed by atoms with van der Waals surface area (Å²) in [4.78, 5) is 13.1. The van der Waals surface area contributed by atoms with Crippen LogP contribution in [0.25, 0.3) is 11.1 Å². The van der Waals surface area contributed by atoms with Crippen molar-refractivity contribution in [3.05, 3.63) is 59.1 Å². The Morgan fingerprint density at radius 3 is 2.50 bits per heavy atom. The summed E-state index contributed by atoms with van der Waals surface area (Å²) >= 11 is 5.89. The molecule has 0 aliphatic rings. The number of likely N-dealkylation sites (N-methyl/N-ethyl adjacent to an activating group) is 1. The molecule has 20 heavy (non-hydrogen) atoms. The minimum Gasteiger partial charge on any atom is -0.340 e. The molecule has 2 aromatic carbocycles. The number of nitrogens with zero attached hydrogens (tertiary/aromatic N) is 1. The number of hydrogen-bond donors (Lipinski definition) is 1. The molecule has 0 aliphatic heterocycles. The van der Waals surface area contributed by atoms with E-state index in [0.29, 0.717) is 6.54 Å². The molecular weight excluding hydrogens is 272 g/mol.